The van der Waals surface area contributed by atoms with Gasteiger partial charge < -0.3 is 20.1 Å². The molecule has 0 amide bonds. The summed E-state index contributed by atoms with van der Waals surface area (Å²) in [7, 11) is 0. The number of carbonyl (C=O) groups excluding carboxylic acids is 1. The van der Waals surface area contributed by atoms with Crippen LogP contribution in [0.25, 0.3) is 0 Å². The lowest BCUT2D eigenvalue weighted by Crippen LogP contribution is -2.21. The van der Waals surface area contributed by atoms with E-state index in [1.807, 2.05) is 0 Å². The van der Waals surface area contributed by atoms with Gasteiger partial charge in [0.2, 0.25) is 0 Å². The second-order valence-corrected chi connectivity index (χ2v) is 9.06. The van der Waals surface area contributed by atoms with Crippen LogP contribution in [-0.4, -0.2) is 47.2 Å². The number of ether oxygens (including phenoxy) is 1. The molecule has 5 nitrogen and oxygen atoms in total. The van der Waals surface area contributed by atoms with Gasteiger partial charge in [-0.1, -0.05) is 116 Å². The Kier molecular flexibility index (Phi) is 25.1. The molecule has 0 aliphatic carbocycles. The second-order valence-electron chi connectivity index (χ2n) is 9.06. The highest BCUT2D eigenvalue weighted by Gasteiger charge is 2.07. The molecule has 5 heteroatoms. The molecule has 0 aliphatic heterocycles. The van der Waals surface area contributed by atoms with Crippen LogP contribution in [0.2, 0.25) is 0 Å². The van der Waals surface area contributed by atoms with Gasteiger partial charge in [0.25, 0.3) is 0 Å². The van der Waals surface area contributed by atoms with Gasteiger partial charge in [-0.2, -0.15) is 0 Å². The van der Waals surface area contributed by atoms with E-state index in [4.69, 9.17) is 20.1 Å². The molecule has 0 saturated carbocycles. The van der Waals surface area contributed by atoms with Crippen LogP contribution in [0.4, 0.5) is 0 Å². The zero-order valence-electron chi connectivity index (χ0n) is 20.2. The Morgan fingerprint density at radius 1 is 0.548 bits per heavy atom. The molecular weight excluding hydrogens is 392 g/mol. The Hall–Kier alpha value is -0.650. The van der Waals surface area contributed by atoms with Crippen molar-refractivity contribution in [1.29, 1.82) is 0 Å². The third kappa shape index (κ3) is 25.5. The first-order chi connectivity index (χ1) is 15.2. The molecule has 0 aromatic rings. The highest BCUT2D eigenvalue weighted by Crippen LogP contribution is 2.15. The van der Waals surface area contributed by atoms with E-state index in [9.17, 15) is 4.79 Å². The third-order valence-corrected chi connectivity index (χ3v) is 5.94. The van der Waals surface area contributed by atoms with Crippen molar-refractivity contribution >= 4 is 5.97 Å². The maximum Gasteiger partial charge on any atom is 0.305 e. The van der Waals surface area contributed by atoms with Gasteiger partial charge in [-0.25, -0.2) is 0 Å². The fraction of sp³-hybridized carbons (Fsp3) is 0.962. The summed E-state index contributed by atoms with van der Waals surface area (Å²) < 4.78 is 4.88. The molecule has 0 radical (unpaired) electrons. The summed E-state index contributed by atoms with van der Waals surface area (Å²) in [6.07, 6.45) is 25.1. The van der Waals surface area contributed by atoms with Gasteiger partial charge >= 0.3 is 5.97 Å². The zero-order valence-corrected chi connectivity index (χ0v) is 20.2. The van der Waals surface area contributed by atoms with Crippen molar-refractivity contribution in [2.75, 3.05) is 19.8 Å². The molecule has 0 fully saturated rings. The Balaban J connectivity index is 3.10. The van der Waals surface area contributed by atoms with Gasteiger partial charge in [0.05, 0.1) is 6.61 Å². The van der Waals surface area contributed by atoms with Crippen LogP contribution in [0.15, 0.2) is 0 Å². The minimum absolute atomic E-state index is 0.109. The molecule has 0 heterocycles. The van der Waals surface area contributed by atoms with Crippen LogP contribution < -0.4 is 0 Å². The molecule has 186 valence electrons. The lowest BCUT2D eigenvalue weighted by Gasteiger charge is -2.08. The standard InChI is InChI=1S/C26H52O5/c27-22-20-18-16-14-12-10-8-6-4-2-1-3-5-7-9-11-13-15-17-19-21-26(30)31-24-25(29)23-28/h25,27-29H,1-24H2/t25-/m1/s1. The van der Waals surface area contributed by atoms with Crippen LogP contribution in [0.5, 0.6) is 0 Å². The van der Waals surface area contributed by atoms with Crippen LogP contribution in [0.3, 0.4) is 0 Å². The zero-order chi connectivity index (χ0) is 22.8. The van der Waals surface area contributed by atoms with Crippen molar-refractivity contribution in [2.24, 2.45) is 0 Å². The topological polar surface area (TPSA) is 87.0 Å². The van der Waals surface area contributed by atoms with E-state index in [1.165, 1.54) is 109 Å². The Morgan fingerprint density at radius 3 is 1.19 bits per heavy atom. The van der Waals surface area contributed by atoms with Gasteiger partial charge in [-0.3, -0.25) is 4.79 Å². The van der Waals surface area contributed by atoms with Crippen LogP contribution in [0, 0.1) is 0 Å². The van der Waals surface area contributed by atoms with Crippen LogP contribution in [-0.2, 0) is 9.53 Å². The first-order valence-corrected chi connectivity index (χ1v) is 13.3. The van der Waals surface area contributed by atoms with E-state index in [1.54, 1.807) is 0 Å². The molecule has 0 aromatic heterocycles. The predicted octanol–water partition coefficient (Wildman–Crippen LogP) is 6.07. The van der Waals surface area contributed by atoms with E-state index < -0.39 is 6.10 Å². The van der Waals surface area contributed by atoms with Gasteiger partial charge in [-0.15, -0.1) is 0 Å². The van der Waals surface area contributed by atoms with E-state index in [0.29, 0.717) is 13.0 Å². The minimum Gasteiger partial charge on any atom is -0.463 e. The fourth-order valence-electron chi connectivity index (χ4n) is 3.88. The molecule has 0 saturated heterocycles. The van der Waals surface area contributed by atoms with Crippen molar-refractivity contribution in [3.05, 3.63) is 0 Å². The normalized spacial score (nSPS) is 12.2. The number of esters is 1. The predicted molar refractivity (Wildman–Crippen MR) is 128 cm³/mol. The van der Waals surface area contributed by atoms with Crippen molar-refractivity contribution < 1.29 is 24.9 Å². The van der Waals surface area contributed by atoms with Crippen LogP contribution in [0.1, 0.15) is 135 Å². The molecule has 0 aromatic carbocycles. The van der Waals surface area contributed by atoms with E-state index >= 15 is 0 Å². The van der Waals surface area contributed by atoms with Gasteiger partial charge in [0, 0.05) is 13.0 Å². The van der Waals surface area contributed by atoms with Gasteiger partial charge in [-0.05, 0) is 12.8 Å². The monoisotopic (exact) mass is 444 g/mol. The third-order valence-electron chi connectivity index (χ3n) is 5.94. The second kappa shape index (κ2) is 25.6. The van der Waals surface area contributed by atoms with E-state index in [0.717, 1.165) is 19.3 Å². The average molecular weight is 445 g/mol. The molecule has 0 bridgehead atoms. The molecule has 0 unspecified atom stereocenters. The highest BCUT2D eigenvalue weighted by atomic mass is 16.5. The van der Waals surface area contributed by atoms with Crippen molar-refractivity contribution in [3.63, 3.8) is 0 Å². The largest absolute Gasteiger partial charge is 0.463 e. The Bertz CT molecular complexity index is 362. The number of aliphatic hydroxyl groups is 3. The molecule has 0 aliphatic rings. The van der Waals surface area contributed by atoms with E-state index in [2.05, 4.69) is 0 Å². The first-order valence-electron chi connectivity index (χ1n) is 13.3. The number of unbranched alkanes of at least 4 members (excludes halogenated alkanes) is 19. The maximum absolute atomic E-state index is 11.4. The van der Waals surface area contributed by atoms with Crippen molar-refractivity contribution in [2.45, 2.75) is 141 Å². The average Bonchev–Trinajstić information content (AvgIpc) is 2.78. The molecule has 1 atom stereocenters. The highest BCUT2D eigenvalue weighted by molar-refractivity contribution is 5.69. The number of carbonyl (C=O) groups is 1. The fourth-order valence-corrected chi connectivity index (χ4v) is 3.88. The summed E-state index contributed by atoms with van der Waals surface area (Å²) in [5.74, 6) is -0.280. The number of hydrogen-bond donors (Lipinski definition) is 3. The summed E-state index contributed by atoms with van der Waals surface area (Å²) in [6.45, 7) is -0.132. The molecule has 3 N–H and O–H groups in total. The number of aliphatic hydroxyl groups excluding tert-OH is 3. The summed E-state index contributed by atoms with van der Waals surface area (Å²) in [4.78, 5) is 11.4. The van der Waals surface area contributed by atoms with Crippen LogP contribution >= 0.6 is 0 Å². The summed E-state index contributed by atoms with van der Waals surface area (Å²) >= 11 is 0. The molecule has 0 spiro atoms. The SMILES string of the molecule is O=C(CCCCCCCCCCCCCCCCCCCCCCO)OC[C@H](O)CO. The number of rotatable bonds is 25. The Labute approximate surface area is 192 Å². The molecular formula is C26H52O5. The molecule has 0 rings (SSSR count). The van der Waals surface area contributed by atoms with Gasteiger partial charge in [0.15, 0.2) is 0 Å². The van der Waals surface area contributed by atoms with Gasteiger partial charge in [0.1, 0.15) is 12.7 Å². The smallest absolute Gasteiger partial charge is 0.305 e. The minimum atomic E-state index is -0.960. The van der Waals surface area contributed by atoms with Crippen molar-refractivity contribution in [3.8, 4) is 0 Å². The summed E-state index contributed by atoms with van der Waals surface area (Å²) in [5, 5.41) is 26.5. The lowest BCUT2D eigenvalue weighted by atomic mass is 10.0. The summed E-state index contributed by atoms with van der Waals surface area (Å²) in [6, 6.07) is 0. The Morgan fingerprint density at radius 2 is 0.871 bits per heavy atom. The van der Waals surface area contributed by atoms with Crippen molar-refractivity contribution in [1.82, 2.24) is 0 Å². The lowest BCUT2D eigenvalue weighted by molar-refractivity contribution is -0.147. The maximum atomic E-state index is 11.4. The number of hydrogen-bond acceptors (Lipinski definition) is 5. The quantitative estimate of drug-likeness (QED) is 0.118. The summed E-state index contributed by atoms with van der Waals surface area (Å²) in [5.41, 5.74) is 0. The first kappa shape index (κ1) is 30.4. The van der Waals surface area contributed by atoms with E-state index in [-0.39, 0.29) is 19.2 Å². The molecule has 31 heavy (non-hydrogen) atoms.